The van der Waals surface area contributed by atoms with Gasteiger partial charge in [0.15, 0.2) is 0 Å². The Hall–Kier alpha value is -2.58. The number of hydrogen-bond donors (Lipinski definition) is 2. The first-order valence-electron chi connectivity index (χ1n) is 8.66. The summed E-state index contributed by atoms with van der Waals surface area (Å²) in [4.78, 5) is 15.8. The number of nitrogens with one attached hydrogen (secondary N) is 1. The third kappa shape index (κ3) is 4.40. The molecule has 0 aliphatic carbocycles. The van der Waals surface area contributed by atoms with Gasteiger partial charge >= 0.3 is 5.97 Å². The zero-order valence-corrected chi connectivity index (χ0v) is 16.2. The largest absolute Gasteiger partial charge is 0.478 e. The fourth-order valence-electron chi connectivity index (χ4n) is 3.06. The molecule has 27 heavy (non-hydrogen) atoms. The van der Waals surface area contributed by atoms with Crippen LogP contribution in [-0.2, 0) is 10.0 Å². The number of hydrogen-bond acceptors (Lipinski definition) is 5. The number of sulfonamides is 1. The zero-order chi connectivity index (χ0) is 19.6. The van der Waals surface area contributed by atoms with E-state index in [9.17, 15) is 18.3 Å². The number of likely N-dealkylation sites (N-methyl/N-ethyl adjacent to an activating group) is 1. The van der Waals surface area contributed by atoms with Gasteiger partial charge in [-0.25, -0.2) is 13.2 Å². The van der Waals surface area contributed by atoms with Gasteiger partial charge in [0.2, 0.25) is 0 Å². The first-order chi connectivity index (χ1) is 12.8. The van der Waals surface area contributed by atoms with Crippen LogP contribution in [0.5, 0.6) is 0 Å². The Balaban J connectivity index is 1.99. The molecule has 1 heterocycles. The molecule has 0 spiro atoms. The topological polar surface area (TPSA) is 89.9 Å². The van der Waals surface area contributed by atoms with E-state index < -0.39 is 16.0 Å². The van der Waals surface area contributed by atoms with Gasteiger partial charge in [0.1, 0.15) is 0 Å². The monoisotopic (exact) mass is 389 g/mol. The highest BCUT2D eigenvalue weighted by Crippen LogP contribution is 2.30. The summed E-state index contributed by atoms with van der Waals surface area (Å²) in [7, 11) is -1.80. The van der Waals surface area contributed by atoms with Crippen molar-refractivity contribution < 1.29 is 18.3 Å². The fraction of sp³-hybridized carbons (Fsp3) is 0.316. The molecule has 2 N–H and O–H groups in total. The Bertz CT molecular complexity index is 951. The molecule has 7 nitrogen and oxygen atoms in total. The molecule has 0 aromatic heterocycles. The minimum Gasteiger partial charge on any atom is -0.478 e. The number of carboxylic acid groups (broad SMARTS) is 1. The number of anilines is 2. The van der Waals surface area contributed by atoms with Crippen LogP contribution in [0, 0.1) is 6.92 Å². The molecule has 1 fully saturated rings. The first-order valence-corrected chi connectivity index (χ1v) is 10.1. The van der Waals surface area contributed by atoms with E-state index in [0.29, 0.717) is 5.69 Å². The van der Waals surface area contributed by atoms with E-state index in [2.05, 4.69) is 14.5 Å². The number of aryl methyl sites for hydroxylation is 1. The molecule has 3 rings (SSSR count). The quantitative estimate of drug-likeness (QED) is 0.815. The Labute approximate surface area is 159 Å². The molecule has 2 aromatic rings. The van der Waals surface area contributed by atoms with Crippen molar-refractivity contribution >= 4 is 27.4 Å². The molecule has 1 aliphatic rings. The van der Waals surface area contributed by atoms with Crippen molar-refractivity contribution in [2.75, 3.05) is 42.8 Å². The zero-order valence-electron chi connectivity index (χ0n) is 15.3. The smallest absolute Gasteiger partial charge is 0.335 e. The highest BCUT2D eigenvalue weighted by atomic mass is 32.2. The van der Waals surface area contributed by atoms with E-state index in [1.165, 1.54) is 18.2 Å². The maximum Gasteiger partial charge on any atom is 0.335 e. The number of carbonyl (C=O) groups is 1. The molecule has 0 amide bonds. The SMILES string of the molecule is Cc1cccc(S(=O)(=O)Nc2cc(C(=O)O)ccc2N2CCN(C)CC2)c1. The average molecular weight is 389 g/mol. The lowest BCUT2D eigenvalue weighted by Gasteiger charge is -2.35. The summed E-state index contributed by atoms with van der Waals surface area (Å²) in [5.74, 6) is -1.10. The average Bonchev–Trinajstić information content (AvgIpc) is 2.62. The number of aromatic carboxylic acids is 1. The molecule has 0 bridgehead atoms. The van der Waals surface area contributed by atoms with Crippen LogP contribution in [0.15, 0.2) is 47.4 Å². The van der Waals surface area contributed by atoms with E-state index in [-0.39, 0.29) is 16.1 Å². The van der Waals surface area contributed by atoms with Crippen LogP contribution in [0.1, 0.15) is 15.9 Å². The molecule has 0 atom stereocenters. The van der Waals surface area contributed by atoms with Crippen molar-refractivity contribution in [3.8, 4) is 0 Å². The third-order valence-electron chi connectivity index (χ3n) is 4.63. The summed E-state index contributed by atoms with van der Waals surface area (Å²) in [6.07, 6.45) is 0. The van der Waals surface area contributed by atoms with Gasteiger partial charge in [0.05, 0.1) is 21.8 Å². The van der Waals surface area contributed by atoms with Crippen LogP contribution < -0.4 is 9.62 Å². The Morgan fingerprint density at radius 1 is 1.07 bits per heavy atom. The van der Waals surface area contributed by atoms with Gasteiger partial charge in [-0.05, 0) is 49.9 Å². The normalized spacial score (nSPS) is 15.6. The van der Waals surface area contributed by atoms with Gasteiger partial charge in [-0.3, -0.25) is 4.72 Å². The molecule has 0 radical (unpaired) electrons. The summed E-state index contributed by atoms with van der Waals surface area (Å²) in [5.41, 5.74) is 1.83. The van der Waals surface area contributed by atoms with Crippen LogP contribution in [0.4, 0.5) is 11.4 Å². The van der Waals surface area contributed by atoms with Crippen molar-refractivity contribution in [2.45, 2.75) is 11.8 Å². The summed E-state index contributed by atoms with van der Waals surface area (Å²) in [5, 5.41) is 9.30. The minimum absolute atomic E-state index is 0.0369. The van der Waals surface area contributed by atoms with E-state index in [1.54, 1.807) is 18.2 Å². The molecule has 0 unspecified atom stereocenters. The number of piperazine rings is 1. The molecule has 8 heteroatoms. The maximum absolute atomic E-state index is 12.8. The highest BCUT2D eigenvalue weighted by Gasteiger charge is 2.22. The number of rotatable bonds is 5. The Kier molecular flexibility index (Phi) is 5.38. The van der Waals surface area contributed by atoms with E-state index in [4.69, 9.17) is 0 Å². The Morgan fingerprint density at radius 2 is 1.78 bits per heavy atom. The lowest BCUT2D eigenvalue weighted by molar-refractivity contribution is 0.0697. The van der Waals surface area contributed by atoms with Crippen LogP contribution in [0.2, 0.25) is 0 Å². The molecule has 2 aromatic carbocycles. The second kappa shape index (κ2) is 7.58. The van der Waals surface area contributed by atoms with Gasteiger partial charge in [0, 0.05) is 26.2 Å². The fourth-order valence-corrected chi connectivity index (χ4v) is 4.23. The van der Waals surface area contributed by atoms with Crippen molar-refractivity contribution in [3.05, 3.63) is 53.6 Å². The van der Waals surface area contributed by atoms with E-state index in [1.807, 2.05) is 20.0 Å². The van der Waals surface area contributed by atoms with E-state index in [0.717, 1.165) is 31.7 Å². The van der Waals surface area contributed by atoms with Crippen LogP contribution in [-0.4, -0.2) is 57.6 Å². The number of benzene rings is 2. The summed E-state index contributed by atoms with van der Waals surface area (Å²) < 4.78 is 28.3. The summed E-state index contributed by atoms with van der Waals surface area (Å²) in [6.45, 7) is 5.00. The molecule has 1 aliphatic heterocycles. The van der Waals surface area contributed by atoms with E-state index >= 15 is 0 Å². The molecule has 0 saturated carbocycles. The number of nitrogens with zero attached hydrogens (tertiary/aromatic N) is 2. The molecule has 144 valence electrons. The second-order valence-corrected chi connectivity index (χ2v) is 8.43. The lowest BCUT2D eigenvalue weighted by Crippen LogP contribution is -2.44. The standard InChI is InChI=1S/C19H23N3O4S/c1-14-4-3-5-16(12-14)27(25,26)20-17-13-15(19(23)24)6-7-18(17)22-10-8-21(2)9-11-22/h3-7,12-13,20H,8-11H2,1-2H3,(H,23,24). The summed E-state index contributed by atoms with van der Waals surface area (Å²) in [6, 6.07) is 11.1. The third-order valence-corrected chi connectivity index (χ3v) is 5.99. The predicted molar refractivity (Wildman–Crippen MR) is 105 cm³/mol. The maximum atomic E-state index is 12.8. The first kappa shape index (κ1) is 19.2. The second-order valence-electron chi connectivity index (χ2n) is 6.75. The van der Waals surface area contributed by atoms with Crippen LogP contribution >= 0.6 is 0 Å². The van der Waals surface area contributed by atoms with Crippen molar-refractivity contribution in [2.24, 2.45) is 0 Å². The van der Waals surface area contributed by atoms with Crippen LogP contribution in [0.3, 0.4) is 0 Å². The lowest BCUT2D eigenvalue weighted by atomic mass is 10.1. The minimum atomic E-state index is -3.83. The van der Waals surface area contributed by atoms with Gasteiger partial charge in [0.25, 0.3) is 10.0 Å². The molecular formula is C19H23N3O4S. The predicted octanol–water partition coefficient (Wildman–Crippen LogP) is 2.25. The number of carboxylic acids is 1. The Morgan fingerprint density at radius 3 is 2.41 bits per heavy atom. The van der Waals surface area contributed by atoms with Gasteiger partial charge < -0.3 is 14.9 Å². The molecule has 1 saturated heterocycles. The van der Waals surface area contributed by atoms with Crippen molar-refractivity contribution in [3.63, 3.8) is 0 Å². The highest BCUT2D eigenvalue weighted by molar-refractivity contribution is 7.92. The molecular weight excluding hydrogens is 366 g/mol. The van der Waals surface area contributed by atoms with Gasteiger partial charge in [-0.2, -0.15) is 0 Å². The van der Waals surface area contributed by atoms with Crippen LogP contribution in [0.25, 0.3) is 0 Å². The summed E-state index contributed by atoms with van der Waals surface area (Å²) >= 11 is 0. The van der Waals surface area contributed by atoms with Gasteiger partial charge in [-0.15, -0.1) is 0 Å². The van der Waals surface area contributed by atoms with Crippen molar-refractivity contribution in [1.29, 1.82) is 0 Å². The van der Waals surface area contributed by atoms with Gasteiger partial charge in [-0.1, -0.05) is 12.1 Å². The van der Waals surface area contributed by atoms with Crippen molar-refractivity contribution in [1.82, 2.24) is 4.90 Å².